The predicted octanol–water partition coefficient (Wildman–Crippen LogP) is 1.99. The molecule has 3 amide bonds. The van der Waals surface area contributed by atoms with Gasteiger partial charge in [-0.2, -0.15) is 0 Å². The fraction of sp³-hybridized carbons (Fsp3) is 0.389. The summed E-state index contributed by atoms with van der Waals surface area (Å²) in [6.45, 7) is 3.86. The Kier molecular flexibility index (Phi) is 6.54. The highest BCUT2D eigenvalue weighted by Crippen LogP contribution is 2.18. The zero-order chi connectivity index (χ0) is 17.4. The molecule has 6 nitrogen and oxygen atoms in total. The number of anilines is 1. The third-order valence-electron chi connectivity index (χ3n) is 3.97. The second-order valence-electron chi connectivity index (χ2n) is 5.81. The normalized spacial score (nSPS) is 14.5. The summed E-state index contributed by atoms with van der Waals surface area (Å²) in [5.41, 5.74) is 0.612. The van der Waals surface area contributed by atoms with Gasteiger partial charge in [0.15, 0.2) is 0 Å². The van der Waals surface area contributed by atoms with Crippen molar-refractivity contribution in [1.29, 1.82) is 0 Å². The molecule has 0 radical (unpaired) electrons. The third kappa shape index (κ3) is 4.94. The van der Waals surface area contributed by atoms with E-state index >= 15 is 0 Å². The van der Waals surface area contributed by atoms with E-state index in [1.807, 2.05) is 0 Å². The van der Waals surface area contributed by atoms with Crippen LogP contribution in [0.15, 0.2) is 36.9 Å². The Bertz CT molecular complexity index is 622. The molecule has 1 saturated carbocycles. The van der Waals surface area contributed by atoms with Gasteiger partial charge < -0.3 is 16.0 Å². The van der Waals surface area contributed by atoms with E-state index in [4.69, 9.17) is 0 Å². The summed E-state index contributed by atoms with van der Waals surface area (Å²) in [7, 11) is 0. The van der Waals surface area contributed by atoms with Crippen LogP contribution in [0.4, 0.5) is 5.69 Å². The highest BCUT2D eigenvalue weighted by Gasteiger charge is 2.21. The van der Waals surface area contributed by atoms with Crippen LogP contribution in [0.5, 0.6) is 0 Å². The van der Waals surface area contributed by atoms with Crippen LogP contribution >= 0.6 is 0 Å². The monoisotopic (exact) mass is 329 g/mol. The molecule has 0 aromatic heterocycles. The zero-order valence-electron chi connectivity index (χ0n) is 13.6. The summed E-state index contributed by atoms with van der Waals surface area (Å²) in [6, 6.07) is 6.63. The lowest BCUT2D eigenvalue weighted by atomic mass is 9.95. The molecule has 1 aliphatic rings. The minimum Gasteiger partial charge on any atom is -0.349 e. The average molecular weight is 329 g/mol. The zero-order valence-corrected chi connectivity index (χ0v) is 13.6. The Morgan fingerprint density at radius 1 is 1.08 bits per heavy atom. The van der Waals surface area contributed by atoms with Gasteiger partial charge in [-0.05, 0) is 25.0 Å². The van der Waals surface area contributed by atoms with Crippen molar-refractivity contribution in [3.8, 4) is 0 Å². The molecule has 0 saturated heterocycles. The Morgan fingerprint density at radius 2 is 1.79 bits per heavy atom. The number of rotatable bonds is 5. The second-order valence-corrected chi connectivity index (χ2v) is 5.81. The van der Waals surface area contributed by atoms with Crippen LogP contribution < -0.4 is 16.0 Å². The lowest BCUT2D eigenvalue weighted by molar-refractivity contribution is -0.136. The van der Waals surface area contributed by atoms with Gasteiger partial charge in [0.25, 0.3) is 5.91 Å². The van der Waals surface area contributed by atoms with Crippen molar-refractivity contribution >= 4 is 23.4 Å². The summed E-state index contributed by atoms with van der Waals surface area (Å²) >= 11 is 0. The first kappa shape index (κ1) is 17.7. The van der Waals surface area contributed by atoms with Crippen LogP contribution in [-0.2, 0) is 9.59 Å². The number of hydrogen-bond acceptors (Lipinski definition) is 3. The van der Waals surface area contributed by atoms with Crippen LogP contribution in [0, 0.1) is 0 Å². The average Bonchev–Trinajstić information content (AvgIpc) is 2.61. The summed E-state index contributed by atoms with van der Waals surface area (Å²) in [4.78, 5) is 36.2. The van der Waals surface area contributed by atoms with Gasteiger partial charge in [-0.25, -0.2) is 0 Å². The van der Waals surface area contributed by atoms with E-state index in [0.29, 0.717) is 17.8 Å². The fourth-order valence-electron chi connectivity index (χ4n) is 2.73. The molecule has 24 heavy (non-hydrogen) atoms. The molecule has 2 rings (SSSR count). The molecule has 1 aliphatic carbocycles. The smallest absolute Gasteiger partial charge is 0.313 e. The molecule has 1 aromatic carbocycles. The minimum atomic E-state index is -0.760. The number of carbonyl (C=O) groups excluding carboxylic acids is 3. The van der Waals surface area contributed by atoms with Crippen LogP contribution in [0.2, 0.25) is 0 Å². The van der Waals surface area contributed by atoms with Crippen LogP contribution in [0.1, 0.15) is 42.5 Å². The van der Waals surface area contributed by atoms with E-state index in [1.165, 1.54) is 6.42 Å². The first-order valence-corrected chi connectivity index (χ1v) is 8.21. The number of carbonyl (C=O) groups is 3. The van der Waals surface area contributed by atoms with Gasteiger partial charge in [-0.1, -0.05) is 37.5 Å². The maximum absolute atomic E-state index is 12.1. The molecule has 0 bridgehead atoms. The Hall–Kier alpha value is -2.63. The lowest BCUT2D eigenvalue weighted by Gasteiger charge is -2.22. The summed E-state index contributed by atoms with van der Waals surface area (Å²) in [5.74, 6) is -1.76. The van der Waals surface area contributed by atoms with E-state index in [0.717, 1.165) is 25.7 Å². The molecule has 1 fully saturated rings. The maximum atomic E-state index is 12.1. The van der Waals surface area contributed by atoms with Crippen molar-refractivity contribution in [1.82, 2.24) is 10.6 Å². The molecule has 6 heteroatoms. The van der Waals surface area contributed by atoms with E-state index in [2.05, 4.69) is 22.5 Å². The predicted molar refractivity (Wildman–Crippen MR) is 92.6 cm³/mol. The van der Waals surface area contributed by atoms with Gasteiger partial charge in [0.05, 0.1) is 11.3 Å². The minimum absolute atomic E-state index is 0.0585. The number of amides is 3. The van der Waals surface area contributed by atoms with Crippen LogP contribution in [0.3, 0.4) is 0 Å². The summed E-state index contributed by atoms with van der Waals surface area (Å²) in [6.07, 6.45) is 6.68. The van der Waals surface area contributed by atoms with Crippen molar-refractivity contribution in [2.45, 2.75) is 38.1 Å². The number of nitrogens with one attached hydrogen (secondary N) is 3. The standard InChI is InChI=1S/C18H23N3O3/c1-2-12-19-16(22)14-10-6-7-11-15(14)21-18(24)17(23)20-13-8-4-3-5-9-13/h2,6-7,10-11,13H,1,3-5,8-9,12H2,(H,19,22)(H,20,23)(H,21,24). The summed E-state index contributed by atoms with van der Waals surface area (Å²) in [5, 5.41) is 7.92. The Labute approximate surface area is 141 Å². The molecule has 128 valence electrons. The molecular formula is C18H23N3O3. The number of para-hydroxylation sites is 1. The van der Waals surface area contributed by atoms with Gasteiger partial charge >= 0.3 is 11.8 Å². The Morgan fingerprint density at radius 3 is 2.50 bits per heavy atom. The SMILES string of the molecule is C=CCNC(=O)c1ccccc1NC(=O)C(=O)NC1CCCCC1. The molecule has 0 unspecified atom stereocenters. The maximum Gasteiger partial charge on any atom is 0.313 e. The van der Waals surface area contributed by atoms with Gasteiger partial charge in [0.2, 0.25) is 0 Å². The molecule has 0 atom stereocenters. The van der Waals surface area contributed by atoms with Crippen LogP contribution in [0.25, 0.3) is 0 Å². The third-order valence-corrected chi connectivity index (χ3v) is 3.97. The van der Waals surface area contributed by atoms with Gasteiger partial charge in [-0.3, -0.25) is 14.4 Å². The number of benzene rings is 1. The highest BCUT2D eigenvalue weighted by atomic mass is 16.2. The fourth-order valence-corrected chi connectivity index (χ4v) is 2.73. The Balaban J connectivity index is 1.99. The van der Waals surface area contributed by atoms with E-state index in [9.17, 15) is 14.4 Å². The first-order chi connectivity index (χ1) is 11.6. The molecule has 0 spiro atoms. The summed E-state index contributed by atoms with van der Waals surface area (Å²) < 4.78 is 0. The largest absolute Gasteiger partial charge is 0.349 e. The second kappa shape index (κ2) is 8.86. The van der Waals surface area contributed by atoms with E-state index in [1.54, 1.807) is 30.3 Å². The van der Waals surface area contributed by atoms with Crippen molar-refractivity contribution in [3.63, 3.8) is 0 Å². The van der Waals surface area contributed by atoms with E-state index in [-0.39, 0.29) is 11.9 Å². The van der Waals surface area contributed by atoms with Gasteiger partial charge in [-0.15, -0.1) is 6.58 Å². The van der Waals surface area contributed by atoms with Crippen molar-refractivity contribution in [2.24, 2.45) is 0 Å². The van der Waals surface area contributed by atoms with Gasteiger partial charge in [0, 0.05) is 12.6 Å². The molecular weight excluding hydrogens is 306 g/mol. The van der Waals surface area contributed by atoms with Crippen molar-refractivity contribution < 1.29 is 14.4 Å². The van der Waals surface area contributed by atoms with Crippen molar-refractivity contribution in [3.05, 3.63) is 42.5 Å². The number of hydrogen-bond donors (Lipinski definition) is 3. The topological polar surface area (TPSA) is 87.3 Å². The molecule has 0 heterocycles. The molecule has 1 aromatic rings. The molecule has 0 aliphatic heterocycles. The quantitative estimate of drug-likeness (QED) is 0.570. The van der Waals surface area contributed by atoms with Crippen molar-refractivity contribution in [2.75, 3.05) is 11.9 Å². The van der Waals surface area contributed by atoms with Gasteiger partial charge in [0.1, 0.15) is 0 Å². The highest BCUT2D eigenvalue weighted by molar-refractivity contribution is 6.40. The first-order valence-electron chi connectivity index (χ1n) is 8.21. The van der Waals surface area contributed by atoms with E-state index < -0.39 is 11.8 Å². The lowest BCUT2D eigenvalue weighted by Crippen LogP contribution is -2.42. The van der Waals surface area contributed by atoms with Crippen LogP contribution in [-0.4, -0.2) is 30.3 Å². The molecule has 3 N–H and O–H groups in total.